The van der Waals surface area contributed by atoms with E-state index in [0.717, 1.165) is 0 Å². The molecule has 0 saturated carbocycles. The summed E-state index contributed by atoms with van der Waals surface area (Å²) in [5.74, 6) is -0.811. The molecular formula is C12H15GeNO3. The number of carboxylic acids is 1. The van der Waals surface area contributed by atoms with Crippen LogP contribution in [-0.2, 0) is 9.59 Å². The SMILES string of the molecule is C[N]([Ge][c]1ccccc1)C(=O)CCCC(=O)O. The summed E-state index contributed by atoms with van der Waals surface area (Å²) in [6.45, 7) is 0. The van der Waals surface area contributed by atoms with Gasteiger partial charge in [-0.3, -0.25) is 0 Å². The molecule has 0 unspecified atom stereocenters. The van der Waals surface area contributed by atoms with Crippen LogP contribution in [0.1, 0.15) is 19.3 Å². The number of rotatable bonds is 6. The van der Waals surface area contributed by atoms with E-state index < -0.39 is 21.6 Å². The molecule has 1 aromatic rings. The number of amides is 1. The Bertz CT molecular complexity index is 381. The Morgan fingerprint density at radius 2 is 1.88 bits per heavy atom. The molecule has 4 nitrogen and oxygen atoms in total. The van der Waals surface area contributed by atoms with Gasteiger partial charge >= 0.3 is 107 Å². The molecule has 1 aromatic carbocycles. The van der Waals surface area contributed by atoms with Gasteiger partial charge in [0, 0.05) is 0 Å². The van der Waals surface area contributed by atoms with Gasteiger partial charge in [0.1, 0.15) is 0 Å². The van der Waals surface area contributed by atoms with Crippen LogP contribution < -0.4 is 4.40 Å². The number of aliphatic carboxylic acids is 1. The third kappa shape index (κ3) is 5.54. The van der Waals surface area contributed by atoms with Crippen molar-refractivity contribution < 1.29 is 14.7 Å². The third-order valence-electron chi connectivity index (χ3n) is 2.23. The Hall–Kier alpha value is -1.30. The van der Waals surface area contributed by atoms with E-state index in [4.69, 9.17) is 5.11 Å². The Labute approximate surface area is 107 Å². The zero-order chi connectivity index (χ0) is 12.7. The second-order valence-electron chi connectivity index (χ2n) is 3.68. The molecular weight excluding hydrogens is 279 g/mol. The predicted octanol–water partition coefficient (Wildman–Crippen LogP) is 0.644. The molecule has 0 aliphatic rings. The topological polar surface area (TPSA) is 57.6 Å². The number of nitrogens with zero attached hydrogens (tertiary/aromatic N) is 1. The molecule has 0 fully saturated rings. The molecule has 17 heavy (non-hydrogen) atoms. The Morgan fingerprint density at radius 3 is 2.47 bits per heavy atom. The van der Waals surface area contributed by atoms with Gasteiger partial charge in [-0.2, -0.15) is 0 Å². The first-order valence-electron chi connectivity index (χ1n) is 5.39. The first kappa shape index (κ1) is 13.8. The molecule has 90 valence electrons. The van der Waals surface area contributed by atoms with Crippen molar-refractivity contribution >= 4 is 31.9 Å². The Morgan fingerprint density at radius 1 is 1.24 bits per heavy atom. The van der Waals surface area contributed by atoms with Gasteiger partial charge in [-0.25, -0.2) is 0 Å². The van der Waals surface area contributed by atoms with E-state index >= 15 is 0 Å². The minimum absolute atomic E-state index is 0.0371. The van der Waals surface area contributed by atoms with Crippen LogP contribution in [0.4, 0.5) is 0 Å². The average Bonchev–Trinajstić information content (AvgIpc) is 2.29. The molecule has 0 atom stereocenters. The summed E-state index contributed by atoms with van der Waals surface area (Å²) in [6.07, 6.45) is 0.795. The fourth-order valence-corrected chi connectivity index (χ4v) is 3.35. The molecule has 1 amide bonds. The van der Waals surface area contributed by atoms with E-state index in [1.165, 1.54) is 4.40 Å². The molecule has 0 heterocycles. The third-order valence-corrected chi connectivity index (χ3v) is 4.69. The van der Waals surface area contributed by atoms with E-state index in [-0.39, 0.29) is 12.3 Å². The maximum absolute atomic E-state index is 11.7. The average molecular weight is 294 g/mol. The summed E-state index contributed by atoms with van der Waals surface area (Å²) < 4.78 is 2.94. The van der Waals surface area contributed by atoms with Gasteiger partial charge in [0.05, 0.1) is 0 Å². The molecule has 0 aliphatic heterocycles. The number of carbonyl (C=O) groups is 2. The molecule has 0 aliphatic carbocycles. The van der Waals surface area contributed by atoms with Gasteiger partial charge < -0.3 is 0 Å². The molecule has 2 radical (unpaired) electrons. The van der Waals surface area contributed by atoms with Crippen molar-refractivity contribution in [2.24, 2.45) is 0 Å². The van der Waals surface area contributed by atoms with Crippen LogP contribution in [0.3, 0.4) is 0 Å². The molecule has 1 rings (SSSR count). The van der Waals surface area contributed by atoms with Crippen LogP contribution in [0.2, 0.25) is 0 Å². The predicted molar refractivity (Wildman–Crippen MR) is 66.1 cm³/mol. The summed E-state index contributed by atoms with van der Waals surface area (Å²) in [7, 11) is 1.79. The summed E-state index contributed by atoms with van der Waals surface area (Å²) in [5, 5.41) is 8.48. The van der Waals surface area contributed by atoms with Gasteiger partial charge in [-0.05, 0) is 0 Å². The van der Waals surface area contributed by atoms with Crippen LogP contribution in [0, 0.1) is 0 Å². The van der Waals surface area contributed by atoms with Gasteiger partial charge in [-0.15, -0.1) is 0 Å². The van der Waals surface area contributed by atoms with Crippen molar-refractivity contribution in [1.82, 2.24) is 3.86 Å². The summed E-state index contributed by atoms with van der Waals surface area (Å²) in [5.41, 5.74) is 0. The fraction of sp³-hybridized carbons (Fsp3) is 0.333. The molecule has 0 saturated heterocycles. The molecule has 0 spiro atoms. The van der Waals surface area contributed by atoms with Gasteiger partial charge in [0.15, 0.2) is 0 Å². The first-order valence-corrected chi connectivity index (χ1v) is 7.38. The number of benzene rings is 1. The quantitative estimate of drug-likeness (QED) is 0.783. The molecule has 5 heteroatoms. The van der Waals surface area contributed by atoms with Crippen LogP contribution in [0.5, 0.6) is 0 Å². The van der Waals surface area contributed by atoms with Gasteiger partial charge in [0.25, 0.3) is 0 Å². The Balaban J connectivity index is 2.34. The molecule has 0 aromatic heterocycles. The van der Waals surface area contributed by atoms with Crippen LogP contribution in [-0.4, -0.2) is 43.5 Å². The number of hydrogen-bond donors (Lipinski definition) is 1. The van der Waals surface area contributed by atoms with Crippen molar-refractivity contribution in [1.29, 1.82) is 0 Å². The van der Waals surface area contributed by atoms with Crippen LogP contribution in [0.25, 0.3) is 0 Å². The zero-order valence-corrected chi connectivity index (χ0v) is 11.8. The maximum atomic E-state index is 11.7. The zero-order valence-electron chi connectivity index (χ0n) is 9.72. The normalized spacial score (nSPS) is 9.94. The van der Waals surface area contributed by atoms with Gasteiger partial charge in [-0.1, -0.05) is 0 Å². The number of carboxylic acid groups (broad SMARTS) is 1. The second-order valence-corrected chi connectivity index (χ2v) is 6.77. The summed E-state index contributed by atoms with van der Waals surface area (Å²) in [6, 6.07) is 9.90. The van der Waals surface area contributed by atoms with Crippen LogP contribution in [0.15, 0.2) is 30.3 Å². The molecule has 0 bridgehead atoms. The van der Waals surface area contributed by atoms with Crippen molar-refractivity contribution in [3.63, 3.8) is 0 Å². The number of carbonyl (C=O) groups excluding carboxylic acids is 1. The standard InChI is InChI=1S/C12H15GeNO3/c1-14(11(15)8-5-9-12(16)17)13-10-6-3-2-4-7-10/h2-4,6-7H,5,8-9H2,1H3,(H,16,17). The summed E-state index contributed by atoms with van der Waals surface area (Å²) >= 11 is -0.615. The van der Waals surface area contributed by atoms with E-state index in [2.05, 4.69) is 0 Å². The van der Waals surface area contributed by atoms with Crippen LogP contribution >= 0.6 is 0 Å². The van der Waals surface area contributed by atoms with Crippen molar-refractivity contribution in [3.05, 3.63) is 30.3 Å². The van der Waals surface area contributed by atoms with E-state index in [0.29, 0.717) is 12.8 Å². The second kappa shape index (κ2) is 7.11. The van der Waals surface area contributed by atoms with Crippen molar-refractivity contribution in [3.8, 4) is 0 Å². The van der Waals surface area contributed by atoms with Gasteiger partial charge in [0.2, 0.25) is 0 Å². The fourth-order valence-electron chi connectivity index (χ4n) is 1.33. The monoisotopic (exact) mass is 295 g/mol. The Kier molecular flexibility index (Phi) is 5.76. The number of hydrogen-bond acceptors (Lipinski definition) is 2. The van der Waals surface area contributed by atoms with Crippen molar-refractivity contribution in [2.75, 3.05) is 7.05 Å². The summed E-state index contributed by atoms with van der Waals surface area (Å²) in [4.78, 5) is 22.0. The van der Waals surface area contributed by atoms with E-state index in [1.54, 1.807) is 10.9 Å². The minimum atomic E-state index is -0.848. The van der Waals surface area contributed by atoms with Crippen molar-refractivity contribution in [2.45, 2.75) is 19.3 Å². The van der Waals surface area contributed by atoms with E-state index in [1.807, 2.05) is 30.3 Å². The molecule has 1 N–H and O–H groups in total. The van der Waals surface area contributed by atoms with E-state index in [9.17, 15) is 9.59 Å². The first-order chi connectivity index (χ1) is 8.09.